The molecule has 6 heteroatoms. The molecule has 1 unspecified atom stereocenters. The highest BCUT2D eigenvalue weighted by Crippen LogP contribution is 2.30. The monoisotopic (exact) mass is 376 g/mol. The molecule has 0 N–H and O–H groups in total. The van der Waals surface area contributed by atoms with Crippen LogP contribution < -0.4 is 4.74 Å². The van der Waals surface area contributed by atoms with Crippen LogP contribution in [0.15, 0.2) is 30.5 Å². The fourth-order valence-electron chi connectivity index (χ4n) is 3.17. The molecule has 1 aromatic carbocycles. The van der Waals surface area contributed by atoms with Crippen LogP contribution in [-0.2, 0) is 4.74 Å². The van der Waals surface area contributed by atoms with Gasteiger partial charge in [-0.2, -0.15) is 0 Å². The van der Waals surface area contributed by atoms with E-state index < -0.39 is 5.60 Å². The number of fused-ring (bicyclic) bond motifs is 1. The zero-order valence-corrected chi connectivity index (χ0v) is 16.3. The summed E-state index contributed by atoms with van der Waals surface area (Å²) in [6.07, 6.45) is 3.43. The molecule has 1 saturated heterocycles. The highest BCUT2D eigenvalue weighted by atomic mass is 35.5. The van der Waals surface area contributed by atoms with Gasteiger partial charge in [0.15, 0.2) is 0 Å². The van der Waals surface area contributed by atoms with E-state index in [-0.39, 0.29) is 12.0 Å². The van der Waals surface area contributed by atoms with Crippen LogP contribution >= 0.6 is 11.6 Å². The zero-order valence-electron chi connectivity index (χ0n) is 15.5. The molecule has 1 aromatic heterocycles. The smallest absolute Gasteiger partial charge is 0.410 e. The molecule has 5 nitrogen and oxygen atoms in total. The summed E-state index contributed by atoms with van der Waals surface area (Å²) in [6, 6.07) is 7.69. The fraction of sp³-hybridized carbons (Fsp3) is 0.500. The molecule has 1 amide bonds. The van der Waals surface area contributed by atoms with E-state index in [1.807, 2.05) is 45.0 Å². The number of amides is 1. The van der Waals surface area contributed by atoms with Gasteiger partial charge in [-0.1, -0.05) is 23.7 Å². The lowest BCUT2D eigenvalue weighted by molar-refractivity contribution is 0.0139. The first-order valence-electron chi connectivity index (χ1n) is 8.97. The third-order valence-electron chi connectivity index (χ3n) is 4.36. The van der Waals surface area contributed by atoms with E-state index in [4.69, 9.17) is 21.1 Å². The maximum atomic E-state index is 12.3. The molecule has 1 fully saturated rings. The Hall–Kier alpha value is -2.01. The first kappa shape index (κ1) is 18.8. The van der Waals surface area contributed by atoms with E-state index in [0.29, 0.717) is 18.3 Å². The first-order valence-corrected chi connectivity index (χ1v) is 9.35. The van der Waals surface area contributed by atoms with Crippen molar-refractivity contribution in [1.82, 2.24) is 9.88 Å². The topological polar surface area (TPSA) is 51.7 Å². The Bertz CT molecular complexity index is 788. The van der Waals surface area contributed by atoms with Gasteiger partial charge in [0.1, 0.15) is 16.5 Å². The van der Waals surface area contributed by atoms with Crippen molar-refractivity contribution in [2.75, 3.05) is 19.7 Å². The maximum absolute atomic E-state index is 12.3. The van der Waals surface area contributed by atoms with E-state index >= 15 is 0 Å². The number of pyridine rings is 1. The Morgan fingerprint density at radius 1 is 1.31 bits per heavy atom. The van der Waals surface area contributed by atoms with Crippen molar-refractivity contribution in [3.05, 3.63) is 35.6 Å². The molecule has 1 aliphatic rings. The van der Waals surface area contributed by atoms with Gasteiger partial charge in [-0.05, 0) is 45.7 Å². The van der Waals surface area contributed by atoms with E-state index in [1.54, 1.807) is 11.1 Å². The van der Waals surface area contributed by atoms with E-state index in [9.17, 15) is 4.79 Å². The molecule has 0 saturated carbocycles. The Labute approximate surface area is 159 Å². The Morgan fingerprint density at radius 3 is 2.88 bits per heavy atom. The van der Waals surface area contributed by atoms with Crippen molar-refractivity contribution >= 4 is 28.5 Å². The maximum Gasteiger partial charge on any atom is 0.410 e. The summed E-state index contributed by atoms with van der Waals surface area (Å²) in [5.74, 6) is 1.07. The van der Waals surface area contributed by atoms with Crippen molar-refractivity contribution in [2.24, 2.45) is 5.92 Å². The average molecular weight is 377 g/mol. The summed E-state index contributed by atoms with van der Waals surface area (Å²) in [5.41, 5.74) is -0.475. The number of carbonyl (C=O) groups is 1. The zero-order chi connectivity index (χ0) is 18.7. The van der Waals surface area contributed by atoms with Gasteiger partial charge in [0.05, 0.1) is 6.61 Å². The molecule has 0 aliphatic carbocycles. The number of likely N-dealkylation sites (tertiary alicyclic amines) is 1. The number of ether oxygens (including phenoxy) is 2. The highest BCUT2D eigenvalue weighted by Gasteiger charge is 2.28. The quantitative estimate of drug-likeness (QED) is 0.714. The first-order chi connectivity index (χ1) is 12.3. The summed E-state index contributed by atoms with van der Waals surface area (Å²) in [4.78, 5) is 18.2. The Morgan fingerprint density at radius 2 is 2.12 bits per heavy atom. The van der Waals surface area contributed by atoms with E-state index in [1.165, 1.54) is 0 Å². The second-order valence-corrected chi connectivity index (χ2v) is 8.06. The third-order valence-corrected chi connectivity index (χ3v) is 4.66. The van der Waals surface area contributed by atoms with Crippen molar-refractivity contribution < 1.29 is 14.3 Å². The molecule has 3 rings (SSSR count). The van der Waals surface area contributed by atoms with E-state index in [0.717, 1.165) is 35.9 Å². The SMILES string of the molecule is CC(C)(C)OC(=O)N1CCCC(COc2cccc3c(Cl)nccc23)C1. The number of halogens is 1. The van der Waals surface area contributed by atoms with Crippen LogP contribution in [0.2, 0.25) is 5.15 Å². The summed E-state index contributed by atoms with van der Waals surface area (Å²) in [5, 5.41) is 2.31. The summed E-state index contributed by atoms with van der Waals surface area (Å²) < 4.78 is 11.6. The Balaban J connectivity index is 1.63. The average Bonchev–Trinajstić information content (AvgIpc) is 2.59. The molecule has 0 radical (unpaired) electrons. The summed E-state index contributed by atoms with van der Waals surface area (Å²) >= 11 is 6.16. The second kappa shape index (κ2) is 7.70. The van der Waals surface area contributed by atoms with Crippen molar-refractivity contribution in [3.8, 4) is 5.75 Å². The van der Waals surface area contributed by atoms with Gasteiger partial charge in [-0.15, -0.1) is 0 Å². The minimum atomic E-state index is -0.475. The number of piperidine rings is 1. The normalized spacial score (nSPS) is 18.0. The lowest BCUT2D eigenvalue weighted by atomic mass is 9.99. The van der Waals surface area contributed by atoms with Crippen LogP contribution in [0.1, 0.15) is 33.6 Å². The molecule has 140 valence electrons. The standard InChI is InChI=1S/C20H25ClN2O3/c1-20(2,3)26-19(24)23-11-5-6-14(12-23)13-25-17-8-4-7-16-15(17)9-10-22-18(16)21/h4,7-10,14H,5-6,11-13H2,1-3H3. The number of aromatic nitrogens is 1. The minimum absolute atomic E-state index is 0.245. The van der Waals surface area contributed by atoms with Crippen molar-refractivity contribution in [2.45, 2.75) is 39.2 Å². The molecule has 0 spiro atoms. The van der Waals surface area contributed by atoms with Gasteiger partial charge in [-0.3, -0.25) is 0 Å². The number of hydrogen-bond donors (Lipinski definition) is 0. The third kappa shape index (κ3) is 4.58. The molecule has 0 bridgehead atoms. The lowest BCUT2D eigenvalue weighted by Crippen LogP contribution is -2.44. The highest BCUT2D eigenvalue weighted by molar-refractivity contribution is 6.34. The number of benzene rings is 1. The van der Waals surface area contributed by atoms with Crippen LogP contribution in [0.4, 0.5) is 4.79 Å². The second-order valence-electron chi connectivity index (χ2n) is 7.70. The van der Waals surface area contributed by atoms with Gasteiger partial charge in [0, 0.05) is 36.0 Å². The number of nitrogens with zero attached hydrogens (tertiary/aromatic N) is 2. The van der Waals surface area contributed by atoms with Gasteiger partial charge in [-0.25, -0.2) is 9.78 Å². The molecule has 1 aliphatic heterocycles. The predicted octanol–water partition coefficient (Wildman–Crippen LogP) is 4.91. The predicted molar refractivity (Wildman–Crippen MR) is 103 cm³/mol. The Kier molecular flexibility index (Phi) is 5.56. The summed E-state index contributed by atoms with van der Waals surface area (Å²) in [7, 11) is 0. The molecule has 2 aromatic rings. The fourth-order valence-corrected chi connectivity index (χ4v) is 3.39. The van der Waals surface area contributed by atoms with Gasteiger partial charge in [0.2, 0.25) is 0 Å². The minimum Gasteiger partial charge on any atom is -0.493 e. The van der Waals surface area contributed by atoms with Crippen molar-refractivity contribution in [3.63, 3.8) is 0 Å². The largest absolute Gasteiger partial charge is 0.493 e. The van der Waals surface area contributed by atoms with Crippen LogP contribution in [0, 0.1) is 5.92 Å². The number of carbonyl (C=O) groups excluding carboxylic acids is 1. The molecule has 1 atom stereocenters. The molecular weight excluding hydrogens is 352 g/mol. The number of rotatable bonds is 3. The van der Waals surface area contributed by atoms with E-state index in [2.05, 4.69) is 4.98 Å². The molecule has 2 heterocycles. The van der Waals surface area contributed by atoms with Crippen LogP contribution in [0.3, 0.4) is 0 Å². The van der Waals surface area contributed by atoms with Gasteiger partial charge in [0.25, 0.3) is 0 Å². The van der Waals surface area contributed by atoms with Crippen LogP contribution in [-0.4, -0.2) is 41.3 Å². The van der Waals surface area contributed by atoms with Crippen molar-refractivity contribution in [1.29, 1.82) is 0 Å². The van der Waals surface area contributed by atoms with Gasteiger partial charge < -0.3 is 14.4 Å². The number of hydrogen-bond acceptors (Lipinski definition) is 4. The van der Waals surface area contributed by atoms with Crippen LogP contribution in [0.5, 0.6) is 5.75 Å². The van der Waals surface area contributed by atoms with Gasteiger partial charge >= 0.3 is 6.09 Å². The molecule has 26 heavy (non-hydrogen) atoms. The summed E-state index contributed by atoms with van der Waals surface area (Å²) in [6.45, 7) is 7.60. The van der Waals surface area contributed by atoms with Crippen LogP contribution in [0.25, 0.3) is 10.8 Å². The lowest BCUT2D eigenvalue weighted by Gasteiger charge is -2.34. The molecular formula is C20H25ClN2O3.